The molecule has 2 aromatic heterocycles. The van der Waals surface area contributed by atoms with Crippen molar-refractivity contribution in [1.29, 1.82) is 0 Å². The van der Waals surface area contributed by atoms with Gasteiger partial charge in [0, 0.05) is 54.7 Å². The molecule has 3 heterocycles. The van der Waals surface area contributed by atoms with Gasteiger partial charge < -0.3 is 14.5 Å². The van der Waals surface area contributed by atoms with Crippen molar-refractivity contribution in [3.63, 3.8) is 0 Å². The van der Waals surface area contributed by atoms with Gasteiger partial charge in [0.25, 0.3) is 5.56 Å². The molecule has 1 aromatic carbocycles. The number of likely N-dealkylation sites (tertiary alicyclic amines) is 1. The highest BCUT2D eigenvalue weighted by atomic mass is 16.5. The SMILES string of the molecule is COc1ccc(CN2CCC(c3nc(-c4ccncc4)cc(=O)[nH]3)C2)c(OC)c1. The number of nitrogens with one attached hydrogen (secondary N) is 1. The molecule has 0 saturated carbocycles. The van der Waals surface area contributed by atoms with Crippen LogP contribution in [0.25, 0.3) is 11.3 Å². The molecule has 0 spiro atoms. The molecule has 1 saturated heterocycles. The molecule has 1 fully saturated rings. The van der Waals surface area contributed by atoms with Crippen LogP contribution in [0.15, 0.2) is 53.6 Å². The van der Waals surface area contributed by atoms with Crippen LogP contribution in [0, 0.1) is 0 Å². The van der Waals surface area contributed by atoms with Crippen LogP contribution >= 0.6 is 0 Å². The minimum absolute atomic E-state index is 0.128. The lowest BCUT2D eigenvalue weighted by Gasteiger charge is -2.18. The molecule has 1 aliphatic heterocycles. The van der Waals surface area contributed by atoms with E-state index >= 15 is 0 Å². The Hall–Kier alpha value is -3.19. The van der Waals surface area contributed by atoms with Crippen LogP contribution in [-0.4, -0.2) is 47.2 Å². The highest BCUT2D eigenvalue weighted by Gasteiger charge is 2.27. The Morgan fingerprint density at radius 1 is 1.14 bits per heavy atom. The van der Waals surface area contributed by atoms with Gasteiger partial charge >= 0.3 is 0 Å². The standard InChI is InChI=1S/C22H24N4O3/c1-28-18-4-3-16(20(11-18)29-2)13-26-10-7-17(14-26)22-24-19(12-21(27)25-22)15-5-8-23-9-6-15/h3-6,8-9,11-12,17H,7,10,13-14H2,1-2H3,(H,24,25,27). The van der Waals surface area contributed by atoms with E-state index in [0.29, 0.717) is 5.69 Å². The molecular formula is C22H24N4O3. The number of ether oxygens (including phenoxy) is 2. The molecule has 0 radical (unpaired) electrons. The van der Waals surface area contributed by atoms with E-state index < -0.39 is 0 Å². The second-order valence-corrected chi connectivity index (χ2v) is 7.15. The van der Waals surface area contributed by atoms with Crippen molar-refractivity contribution < 1.29 is 9.47 Å². The van der Waals surface area contributed by atoms with Crippen LogP contribution < -0.4 is 15.0 Å². The van der Waals surface area contributed by atoms with Crippen molar-refractivity contribution in [3.8, 4) is 22.8 Å². The van der Waals surface area contributed by atoms with Gasteiger partial charge in [0.05, 0.1) is 19.9 Å². The molecule has 7 nitrogen and oxygen atoms in total. The fraction of sp³-hybridized carbons (Fsp3) is 0.318. The summed E-state index contributed by atoms with van der Waals surface area (Å²) >= 11 is 0. The van der Waals surface area contributed by atoms with E-state index in [1.165, 1.54) is 6.07 Å². The van der Waals surface area contributed by atoms with Crippen LogP contribution in [-0.2, 0) is 6.54 Å². The molecule has 0 aliphatic carbocycles. The number of hydrogen-bond acceptors (Lipinski definition) is 6. The van der Waals surface area contributed by atoms with E-state index in [-0.39, 0.29) is 11.5 Å². The van der Waals surface area contributed by atoms with Crippen molar-refractivity contribution in [2.24, 2.45) is 0 Å². The van der Waals surface area contributed by atoms with E-state index in [0.717, 1.165) is 54.5 Å². The van der Waals surface area contributed by atoms with Crippen LogP contribution in [0.3, 0.4) is 0 Å². The topological polar surface area (TPSA) is 80.3 Å². The maximum Gasteiger partial charge on any atom is 0.251 e. The van der Waals surface area contributed by atoms with Gasteiger partial charge in [-0.25, -0.2) is 4.98 Å². The first-order valence-corrected chi connectivity index (χ1v) is 9.61. The first-order chi connectivity index (χ1) is 14.2. The molecule has 1 unspecified atom stereocenters. The Morgan fingerprint density at radius 3 is 2.72 bits per heavy atom. The fourth-order valence-corrected chi connectivity index (χ4v) is 3.76. The average molecular weight is 392 g/mol. The number of H-pyrrole nitrogens is 1. The van der Waals surface area contributed by atoms with Gasteiger partial charge in [0.2, 0.25) is 0 Å². The molecule has 0 amide bonds. The molecule has 1 N–H and O–H groups in total. The number of rotatable bonds is 6. The highest BCUT2D eigenvalue weighted by molar-refractivity contribution is 5.57. The van der Waals surface area contributed by atoms with Crippen molar-refractivity contribution in [2.75, 3.05) is 27.3 Å². The normalized spacial score (nSPS) is 16.7. The number of nitrogens with zero attached hydrogens (tertiary/aromatic N) is 3. The molecule has 7 heteroatoms. The summed E-state index contributed by atoms with van der Waals surface area (Å²) in [6.45, 7) is 2.54. The Balaban J connectivity index is 1.51. The number of hydrogen-bond donors (Lipinski definition) is 1. The summed E-state index contributed by atoms with van der Waals surface area (Å²) in [5.74, 6) is 2.53. The highest BCUT2D eigenvalue weighted by Crippen LogP contribution is 2.30. The number of methoxy groups -OCH3 is 2. The van der Waals surface area contributed by atoms with E-state index in [1.807, 2.05) is 30.3 Å². The lowest BCUT2D eigenvalue weighted by atomic mass is 10.1. The van der Waals surface area contributed by atoms with Gasteiger partial charge in [0.1, 0.15) is 17.3 Å². The monoisotopic (exact) mass is 392 g/mol. The first kappa shape index (κ1) is 19.1. The van der Waals surface area contributed by atoms with E-state index in [4.69, 9.17) is 14.5 Å². The predicted octanol–water partition coefficient (Wildman–Crippen LogP) is 2.84. The summed E-state index contributed by atoms with van der Waals surface area (Å²) in [4.78, 5) is 26.3. The third-order valence-electron chi connectivity index (χ3n) is 5.28. The molecule has 29 heavy (non-hydrogen) atoms. The Kier molecular flexibility index (Phi) is 5.57. The summed E-state index contributed by atoms with van der Waals surface area (Å²) in [6.07, 6.45) is 4.36. The third kappa shape index (κ3) is 4.30. The number of benzene rings is 1. The second-order valence-electron chi connectivity index (χ2n) is 7.15. The number of pyridine rings is 1. The summed E-state index contributed by atoms with van der Waals surface area (Å²) in [5, 5.41) is 0. The number of aromatic amines is 1. The molecular weight excluding hydrogens is 368 g/mol. The zero-order valence-electron chi connectivity index (χ0n) is 16.6. The number of aromatic nitrogens is 3. The lowest BCUT2D eigenvalue weighted by molar-refractivity contribution is 0.315. The fourth-order valence-electron chi connectivity index (χ4n) is 3.76. The van der Waals surface area contributed by atoms with Gasteiger partial charge in [0.15, 0.2) is 0 Å². The molecule has 3 aromatic rings. The van der Waals surface area contributed by atoms with Crippen LogP contribution in [0.4, 0.5) is 0 Å². The maximum absolute atomic E-state index is 12.2. The summed E-state index contributed by atoms with van der Waals surface area (Å²) in [5.41, 5.74) is 2.56. The Morgan fingerprint density at radius 2 is 1.97 bits per heavy atom. The van der Waals surface area contributed by atoms with Crippen LogP contribution in [0.1, 0.15) is 23.7 Å². The third-order valence-corrected chi connectivity index (χ3v) is 5.28. The van der Waals surface area contributed by atoms with E-state index in [2.05, 4.69) is 14.9 Å². The zero-order chi connectivity index (χ0) is 20.2. The summed E-state index contributed by atoms with van der Waals surface area (Å²) in [7, 11) is 3.32. The van der Waals surface area contributed by atoms with Crippen LogP contribution in [0.2, 0.25) is 0 Å². The summed E-state index contributed by atoms with van der Waals surface area (Å²) in [6, 6.07) is 11.1. The van der Waals surface area contributed by atoms with Crippen molar-refractivity contribution in [2.45, 2.75) is 18.9 Å². The van der Waals surface area contributed by atoms with Gasteiger partial charge in [-0.3, -0.25) is 14.7 Å². The molecule has 1 atom stereocenters. The minimum Gasteiger partial charge on any atom is -0.497 e. The van der Waals surface area contributed by atoms with E-state index in [9.17, 15) is 4.79 Å². The molecule has 1 aliphatic rings. The summed E-state index contributed by atoms with van der Waals surface area (Å²) < 4.78 is 10.8. The first-order valence-electron chi connectivity index (χ1n) is 9.61. The minimum atomic E-state index is -0.128. The Labute approximate surface area is 169 Å². The van der Waals surface area contributed by atoms with Crippen LogP contribution in [0.5, 0.6) is 11.5 Å². The van der Waals surface area contributed by atoms with Crippen molar-refractivity contribution >= 4 is 0 Å². The zero-order valence-corrected chi connectivity index (χ0v) is 16.6. The van der Waals surface area contributed by atoms with Gasteiger partial charge in [-0.15, -0.1) is 0 Å². The van der Waals surface area contributed by atoms with Crippen molar-refractivity contribution in [1.82, 2.24) is 19.9 Å². The van der Waals surface area contributed by atoms with Crippen molar-refractivity contribution in [3.05, 3.63) is 70.5 Å². The average Bonchev–Trinajstić information content (AvgIpc) is 3.23. The maximum atomic E-state index is 12.2. The Bertz CT molecular complexity index is 1040. The predicted molar refractivity (Wildman–Crippen MR) is 110 cm³/mol. The molecule has 150 valence electrons. The van der Waals surface area contributed by atoms with E-state index in [1.54, 1.807) is 26.6 Å². The molecule has 4 rings (SSSR count). The smallest absolute Gasteiger partial charge is 0.251 e. The lowest BCUT2D eigenvalue weighted by Crippen LogP contribution is -2.21. The quantitative estimate of drug-likeness (QED) is 0.695. The second kappa shape index (κ2) is 8.45. The largest absolute Gasteiger partial charge is 0.497 e. The van der Waals surface area contributed by atoms with Gasteiger partial charge in [-0.05, 0) is 31.2 Å². The van der Waals surface area contributed by atoms with Gasteiger partial charge in [-0.2, -0.15) is 0 Å². The van der Waals surface area contributed by atoms with Gasteiger partial charge in [-0.1, -0.05) is 6.07 Å². The molecule has 0 bridgehead atoms.